The SMILES string of the molecule is C.C.CCN.CCNN.CCNN.CCNSC1CC(=O)N(c2ccc(NC(=O)OCCOCn3cnc4c(=O)[nH]c(N)nc43)cc2)C1=O.CN(C)C=O.Nc1nc2c(ncn2COCCO)c(=O)[nH]1.Nc1nc2c(ncn2COCCOC(=O)Nc2ccc(N3C(=O)C=CC3=O)cc2)c(=O)[nH]1.O=C=Nc1ccc(N2C(=O)C=CC2=O)cc1. The molecule has 1 saturated heterocycles. The van der Waals surface area contributed by atoms with Crippen molar-refractivity contribution >= 4 is 158 Å². The summed E-state index contributed by atoms with van der Waals surface area (Å²) in [5.41, 5.74) is 28.9. The monoisotopic (exact) mass is 1660 g/mol. The number of imide groups is 3. The van der Waals surface area contributed by atoms with Crippen LogP contribution in [0, 0.1) is 0 Å². The van der Waals surface area contributed by atoms with Crippen LogP contribution in [0.15, 0.2) is 135 Å². The number of isocyanates is 1. The number of nitrogens with zero attached hydrogens (tertiary/aromatic N) is 14. The highest BCUT2D eigenvalue weighted by molar-refractivity contribution is 7.98. The Morgan fingerprint density at radius 1 is 0.568 bits per heavy atom. The number of H-pyrrole nitrogens is 3. The second-order valence-corrected chi connectivity index (χ2v) is 23.9. The molecule has 0 aliphatic carbocycles. The lowest BCUT2D eigenvalue weighted by Crippen LogP contribution is -2.31. The van der Waals surface area contributed by atoms with Gasteiger partial charge in [-0.15, -0.1) is 0 Å². The Labute approximate surface area is 677 Å². The summed E-state index contributed by atoms with van der Waals surface area (Å²) in [4.78, 5) is 188. The number of nitrogen functional groups attached to an aromatic ring is 3. The van der Waals surface area contributed by atoms with Crippen LogP contribution < -0.4 is 92.2 Å². The topological polar surface area (TPSA) is 669 Å². The highest BCUT2D eigenvalue weighted by Crippen LogP contribution is 2.30. The molecule has 3 aliphatic rings. The number of benzene rings is 3. The first-order valence-electron chi connectivity index (χ1n) is 34.5. The molecule has 21 N–H and O–H groups in total. The van der Waals surface area contributed by atoms with E-state index < -0.39 is 40.4 Å². The quantitative estimate of drug-likeness (QED) is 0.00521. The van der Waals surface area contributed by atoms with Crippen LogP contribution in [0.3, 0.4) is 0 Å². The van der Waals surface area contributed by atoms with E-state index in [1.165, 1.54) is 116 Å². The van der Waals surface area contributed by atoms with Crippen LogP contribution in [0.1, 0.15) is 49.0 Å². The Balaban J connectivity index is 0.000000396. The Morgan fingerprint density at radius 2 is 0.898 bits per heavy atom. The number of nitrogens with one attached hydrogen (secondary N) is 8. The minimum atomic E-state index is -0.703. The molecule has 0 bridgehead atoms. The first kappa shape index (κ1) is 98.5. The fourth-order valence-corrected chi connectivity index (χ4v) is 9.82. The normalized spacial score (nSPS) is 12.7. The summed E-state index contributed by atoms with van der Waals surface area (Å²) in [6.07, 6.45) is 9.90. The van der Waals surface area contributed by atoms with Crippen LogP contribution in [0.2, 0.25) is 0 Å². The van der Waals surface area contributed by atoms with Crippen molar-refractivity contribution in [2.45, 2.75) is 74.4 Å². The van der Waals surface area contributed by atoms with Crippen molar-refractivity contribution < 1.29 is 76.7 Å². The van der Waals surface area contributed by atoms with Gasteiger partial charge in [-0.2, -0.15) is 19.9 Å². The summed E-state index contributed by atoms with van der Waals surface area (Å²) in [7, 11) is 3.38. The molecule has 3 aromatic carbocycles. The van der Waals surface area contributed by atoms with Crippen LogP contribution >= 0.6 is 11.9 Å². The molecular formula is C70H96N28O19S. The number of imidazole rings is 3. The average molecular weight is 1670 g/mol. The molecule has 0 radical (unpaired) electrons. The number of rotatable bonds is 26. The maximum absolute atomic E-state index is 12.5. The number of hydrogen-bond donors (Lipinski definition) is 15. The van der Waals surface area contributed by atoms with Gasteiger partial charge in [0.25, 0.3) is 40.3 Å². The fourth-order valence-electron chi connectivity index (χ4n) is 9.02. The molecule has 0 spiro atoms. The van der Waals surface area contributed by atoms with Gasteiger partial charge in [0.1, 0.15) is 38.7 Å². The molecule has 9 aromatic rings. The summed E-state index contributed by atoms with van der Waals surface area (Å²) in [5, 5.41) is 13.2. The second kappa shape index (κ2) is 52.0. The predicted octanol–water partition coefficient (Wildman–Crippen LogP) is 0.800. The van der Waals surface area contributed by atoms with E-state index in [1.54, 1.807) is 50.5 Å². The standard InChI is InChI=1S/C21H24N8O6S.C19H17N7O6.C11H6N2O3.C8H11N5O3.C3H7NO.2C2H8N2.C2H7N.2CH4/c1-2-24-36-14-9-15(30)29(19(14)32)13-5-3-12(4-6-13)25-21(33)35-8-7-34-11-28-10-23-16-17(28)26-20(22)27-18(16)31;20-18-23-16-15(17(29)24-18)21-9-25(16)10-31-7-8-32-19(30)22-11-1-3-12(4-2-11)26-13(27)5-6-14(26)28;14-7-12-8-1-3-9(4-2-8)13-10(15)5-6-11(13)16;9-8-11-6-5(7(15)12-8)10-3-13(6)4-16-2-1-14;1-4(2)3-5;2*1-2-4-3;1-2-3;;/h3-6,10,14,24H,2,7-9,11H2,1H3,(H,25,33)(H3,22,26,27,31);1-6,9H,7-8,10H2,(H,22,30)(H3,20,23,24,29);1-6H;3,14H,1-2,4H2,(H3,9,11,12,15);3H,1-2H3;2*4H,2-3H2,1H3;2-3H2,1H3;2*1H4. The molecule has 1 atom stereocenters. The molecule has 48 heteroatoms. The maximum atomic E-state index is 12.5. The van der Waals surface area contributed by atoms with E-state index in [-0.39, 0.29) is 156 Å². The van der Waals surface area contributed by atoms with Crippen molar-refractivity contribution in [3.8, 4) is 0 Å². The van der Waals surface area contributed by atoms with Crippen molar-refractivity contribution in [1.82, 2.24) is 79.0 Å². The summed E-state index contributed by atoms with van der Waals surface area (Å²) >= 11 is 1.25. The number of aliphatic hydroxyl groups is 1. The summed E-state index contributed by atoms with van der Waals surface area (Å²) in [6, 6.07) is 18.6. The van der Waals surface area contributed by atoms with Crippen molar-refractivity contribution in [2.24, 2.45) is 22.4 Å². The fraction of sp³-hybridized carbons (Fsp3) is 0.329. The lowest BCUT2D eigenvalue weighted by Gasteiger charge is -2.15. The molecule has 118 heavy (non-hydrogen) atoms. The lowest BCUT2D eigenvalue weighted by atomic mass is 10.2. The third-order valence-electron chi connectivity index (χ3n) is 14.1. The van der Waals surface area contributed by atoms with Crippen molar-refractivity contribution in [1.29, 1.82) is 0 Å². The minimum absolute atomic E-state index is 0. The number of fused-ring (bicyclic) bond motifs is 3. The van der Waals surface area contributed by atoms with E-state index >= 15 is 0 Å². The molecule has 12 rings (SSSR count). The van der Waals surface area contributed by atoms with E-state index in [2.05, 4.69) is 76.1 Å². The second-order valence-electron chi connectivity index (χ2n) is 22.8. The maximum Gasteiger partial charge on any atom is 0.411 e. The smallest absolute Gasteiger partial charge is 0.411 e. The number of carbonyl (C=O) groups excluding carboxylic acids is 10. The lowest BCUT2D eigenvalue weighted by molar-refractivity contribution is -0.122. The van der Waals surface area contributed by atoms with Crippen LogP contribution in [-0.4, -0.2) is 214 Å². The Bertz CT molecular complexity index is 5020. The number of hydrazine groups is 2. The van der Waals surface area contributed by atoms with Crippen LogP contribution in [0.4, 0.5) is 61.6 Å². The number of anilines is 8. The highest BCUT2D eigenvalue weighted by Gasteiger charge is 2.40. The van der Waals surface area contributed by atoms with Gasteiger partial charge in [-0.1, -0.05) is 54.5 Å². The number of hydrogen-bond acceptors (Lipinski definition) is 36. The van der Waals surface area contributed by atoms with Gasteiger partial charge in [0.05, 0.1) is 68.2 Å². The summed E-state index contributed by atoms with van der Waals surface area (Å²) < 4.78 is 33.6. The number of aromatic amines is 3. The molecule has 3 aliphatic heterocycles. The number of carbonyl (C=O) groups is 9. The Hall–Kier alpha value is -13.7. The number of nitrogens with two attached hydrogens (primary N) is 6. The first-order valence-corrected chi connectivity index (χ1v) is 35.4. The minimum Gasteiger partial charge on any atom is -0.447 e. The zero-order valence-electron chi connectivity index (χ0n) is 63.5. The van der Waals surface area contributed by atoms with E-state index in [4.69, 9.17) is 63.4 Å². The van der Waals surface area contributed by atoms with Crippen LogP contribution in [-0.2, 0) is 82.2 Å². The zero-order chi connectivity index (χ0) is 85.2. The van der Waals surface area contributed by atoms with Crippen molar-refractivity contribution in [3.63, 3.8) is 0 Å². The van der Waals surface area contributed by atoms with Gasteiger partial charge in [-0.05, 0) is 79.3 Å². The van der Waals surface area contributed by atoms with E-state index in [0.29, 0.717) is 46.3 Å². The molecule has 1 unspecified atom stereocenters. The number of amides is 9. The van der Waals surface area contributed by atoms with Gasteiger partial charge < -0.3 is 56.6 Å². The third-order valence-corrected chi connectivity index (χ3v) is 15.2. The number of ether oxygens (including phenoxy) is 5. The van der Waals surface area contributed by atoms with Gasteiger partial charge in [0, 0.05) is 75.8 Å². The van der Waals surface area contributed by atoms with Gasteiger partial charge in [0.2, 0.25) is 42.1 Å². The third kappa shape index (κ3) is 30.6. The zero-order valence-corrected chi connectivity index (χ0v) is 64.3. The molecule has 47 nitrogen and oxygen atoms in total. The molecule has 6 aromatic heterocycles. The Kier molecular flexibility index (Phi) is 43.4. The molecular weight excluding hydrogens is 1570 g/mol. The molecule has 9 heterocycles. The average Bonchev–Trinajstić information content (AvgIpc) is 1.65. The van der Waals surface area contributed by atoms with E-state index in [9.17, 15) is 62.3 Å². The van der Waals surface area contributed by atoms with Crippen molar-refractivity contribution in [2.75, 3.05) is 122 Å². The van der Waals surface area contributed by atoms with Crippen LogP contribution in [0.5, 0.6) is 0 Å². The molecule has 636 valence electrons. The number of aliphatic imine (C=N–C) groups is 1. The predicted molar refractivity (Wildman–Crippen MR) is 439 cm³/mol. The highest BCUT2D eigenvalue weighted by atomic mass is 32.2. The summed E-state index contributed by atoms with van der Waals surface area (Å²) in [5.74, 6) is 7.36. The van der Waals surface area contributed by atoms with Gasteiger partial charge in [-0.3, -0.25) is 114 Å². The van der Waals surface area contributed by atoms with E-state index in [1.807, 2.05) is 27.7 Å². The largest absolute Gasteiger partial charge is 0.447 e. The number of aliphatic hydroxyl groups excluding tert-OH is 1. The Morgan fingerprint density at radius 3 is 1.21 bits per heavy atom. The van der Waals surface area contributed by atoms with Gasteiger partial charge >= 0.3 is 12.2 Å². The molecule has 9 amide bonds. The molecule has 1 fully saturated rings. The van der Waals surface area contributed by atoms with Gasteiger partial charge in [-0.25, -0.2) is 44.0 Å². The van der Waals surface area contributed by atoms with Crippen molar-refractivity contribution in [3.05, 3.63) is 147 Å². The first-order chi connectivity index (χ1) is 55.7. The van der Waals surface area contributed by atoms with Gasteiger partial charge in [0.15, 0.2) is 33.5 Å². The van der Waals surface area contributed by atoms with E-state index in [0.717, 1.165) is 40.7 Å². The molecule has 0 saturated carbocycles. The number of aromatic nitrogens is 12. The van der Waals surface area contributed by atoms with Crippen LogP contribution in [0.25, 0.3) is 33.5 Å². The summed E-state index contributed by atoms with van der Waals surface area (Å²) in [6.45, 7) is 11.3.